The molecular weight excluding hydrogens is 248 g/mol. The Hall–Kier alpha value is -1.30. The Labute approximate surface area is 113 Å². The number of aliphatic carboxylic acids is 1. The molecule has 1 rings (SSSR count). The molecule has 2 amide bonds. The van der Waals surface area contributed by atoms with Crippen molar-refractivity contribution in [1.82, 2.24) is 10.2 Å². The zero-order valence-electron chi connectivity index (χ0n) is 11.6. The molecule has 3 atom stereocenters. The second-order valence-corrected chi connectivity index (χ2v) is 5.19. The summed E-state index contributed by atoms with van der Waals surface area (Å²) in [6.45, 7) is 3.41. The van der Waals surface area contributed by atoms with E-state index in [9.17, 15) is 14.7 Å². The summed E-state index contributed by atoms with van der Waals surface area (Å²) >= 11 is 0. The first kappa shape index (κ1) is 15.8. The van der Waals surface area contributed by atoms with Gasteiger partial charge in [-0.2, -0.15) is 0 Å². The third-order valence-electron chi connectivity index (χ3n) is 3.73. The number of carbonyl (C=O) groups excluding carboxylic acids is 1. The first-order valence-electron chi connectivity index (χ1n) is 6.92. The first-order valence-corrected chi connectivity index (χ1v) is 6.92. The monoisotopic (exact) mass is 272 g/mol. The van der Waals surface area contributed by atoms with Crippen LogP contribution in [0.5, 0.6) is 0 Å². The SMILES string of the molecule is CCC(C)N(CC(=O)O)C(=O)NC1CCCCC1O. The minimum Gasteiger partial charge on any atom is -0.480 e. The van der Waals surface area contributed by atoms with Gasteiger partial charge in [0.25, 0.3) is 0 Å². The highest BCUT2D eigenvalue weighted by Gasteiger charge is 2.28. The minimum atomic E-state index is -1.03. The number of amides is 2. The van der Waals surface area contributed by atoms with Gasteiger partial charge in [-0.3, -0.25) is 4.79 Å². The van der Waals surface area contributed by atoms with Gasteiger partial charge in [0, 0.05) is 6.04 Å². The van der Waals surface area contributed by atoms with E-state index in [2.05, 4.69) is 5.32 Å². The lowest BCUT2D eigenvalue weighted by Crippen LogP contribution is -2.53. The lowest BCUT2D eigenvalue weighted by Gasteiger charge is -2.33. The van der Waals surface area contributed by atoms with Gasteiger partial charge in [0.2, 0.25) is 0 Å². The molecule has 1 fully saturated rings. The fraction of sp³-hybridized carbons (Fsp3) is 0.846. The fourth-order valence-corrected chi connectivity index (χ4v) is 2.32. The van der Waals surface area contributed by atoms with E-state index in [4.69, 9.17) is 5.11 Å². The van der Waals surface area contributed by atoms with Crippen molar-refractivity contribution in [3.63, 3.8) is 0 Å². The van der Waals surface area contributed by atoms with Crippen LogP contribution in [0.2, 0.25) is 0 Å². The van der Waals surface area contributed by atoms with Crippen LogP contribution in [0.4, 0.5) is 4.79 Å². The van der Waals surface area contributed by atoms with Gasteiger partial charge in [0.1, 0.15) is 6.54 Å². The standard InChI is InChI=1S/C13H24N2O4/c1-3-9(2)15(8-12(17)18)13(19)14-10-6-4-5-7-11(10)16/h9-11,16H,3-8H2,1-2H3,(H,14,19)(H,17,18). The lowest BCUT2D eigenvalue weighted by molar-refractivity contribution is -0.138. The molecule has 0 radical (unpaired) electrons. The Kier molecular flexibility index (Phi) is 6.08. The largest absolute Gasteiger partial charge is 0.480 e. The molecule has 0 aliphatic heterocycles. The van der Waals surface area contributed by atoms with Crippen LogP contribution in [0.3, 0.4) is 0 Å². The zero-order valence-corrected chi connectivity index (χ0v) is 11.6. The minimum absolute atomic E-state index is 0.142. The Morgan fingerprint density at radius 2 is 2.00 bits per heavy atom. The van der Waals surface area contributed by atoms with Crippen molar-refractivity contribution in [2.75, 3.05) is 6.54 Å². The molecule has 0 aromatic rings. The molecule has 19 heavy (non-hydrogen) atoms. The molecule has 6 nitrogen and oxygen atoms in total. The van der Waals surface area contributed by atoms with Crippen molar-refractivity contribution in [2.24, 2.45) is 0 Å². The van der Waals surface area contributed by atoms with Crippen LogP contribution < -0.4 is 5.32 Å². The van der Waals surface area contributed by atoms with E-state index in [1.807, 2.05) is 13.8 Å². The number of nitrogens with one attached hydrogen (secondary N) is 1. The molecule has 0 heterocycles. The number of aliphatic hydroxyl groups excluding tert-OH is 1. The summed E-state index contributed by atoms with van der Waals surface area (Å²) in [4.78, 5) is 24.3. The molecule has 0 aromatic carbocycles. The average molecular weight is 272 g/mol. The van der Waals surface area contributed by atoms with E-state index >= 15 is 0 Å². The van der Waals surface area contributed by atoms with Gasteiger partial charge >= 0.3 is 12.0 Å². The Morgan fingerprint density at radius 3 is 2.53 bits per heavy atom. The summed E-state index contributed by atoms with van der Waals surface area (Å²) in [7, 11) is 0. The lowest BCUT2D eigenvalue weighted by atomic mass is 9.93. The molecule has 3 N–H and O–H groups in total. The number of aliphatic hydroxyl groups is 1. The maximum Gasteiger partial charge on any atom is 0.323 e. The zero-order chi connectivity index (χ0) is 14.4. The predicted molar refractivity (Wildman–Crippen MR) is 70.9 cm³/mol. The molecule has 0 bridgehead atoms. The number of hydrogen-bond donors (Lipinski definition) is 3. The number of urea groups is 1. The maximum atomic E-state index is 12.1. The number of carboxylic acid groups (broad SMARTS) is 1. The molecule has 1 saturated carbocycles. The summed E-state index contributed by atoms with van der Waals surface area (Å²) in [6.07, 6.45) is 3.54. The molecule has 3 unspecified atom stereocenters. The van der Waals surface area contributed by atoms with Crippen LogP contribution in [0.25, 0.3) is 0 Å². The van der Waals surface area contributed by atoms with Gasteiger partial charge in [-0.25, -0.2) is 4.79 Å². The number of hydrogen-bond acceptors (Lipinski definition) is 3. The van der Waals surface area contributed by atoms with E-state index in [-0.39, 0.29) is 18.6 Å². The van der Waals surface area contributed by atoms with E-state index < -0.39 is 18.1 Å². The molecule has 0 aromatic heterocycles. The number of carbonyl (C=O) groups is 2. The second-order valence-electron chi connectivity index (χ2n) is 5.19. The van der Waals surface area contributed by atoms with Crippen LogP contribution >= 0.6 is 0 Å². The highest BCUT2D eigenvalue weighted by Crippen LogP contribution is 2.18. The number of nitrogens with zero attached hydrogens (tertiary/aromatic N) is 1. The summed E-state index contributed by atoms with van der Waals surface area (Å²) in [5.74, 6) is -1.03. The van der Waals surface area contributed by atoms with Gasteiger partial charge in [0.15, 0.2) is 0 Å². The molecule has 6 heteroatoms. The third-order valence-corrected chi connectivity index (χ3v) is 3.73. The van der Waals surface area contributed by atoms with Gasteiger partial charge in [-0.05, 0) is 26.2 Å². The fourth-order valence-electron chi connectivity index (χ4n) is 2.32. The van der Waals surface area contributed by atoms with Crippen molar-refractivity contribution < 1.29 is 19.8 Å². The highest BCUT2D eigenvalue weighted by atomic mass is 16.4. The molecule has 110 valence electrons. The van der Waals surface area contributed by atoms with E-state index in [1.165, 1.54) is 4.90 Å². The van der Waals surface area contributed by atoms with Gasteiger partial charge in [0.05, 0.1) is 12.1 Å². The van der Waals surface area contributed by atoms with E-state index in [0.717, 1.165) is 19.3 Å². The summed E-state index contributed by atoms with van der Waals surface area (Å²) in [5, 5.41) is 21.5. The van der Waals surface area contributed by atoms with E-state index in [0.29, 0.717) is 12.8 Å². The molecule has 1 aliphatic rings. The van der Waals surface area contributed by atoms with Crippen molar-refractivity contribution >= 4 is 12.0 Å². The molecule has 0 saturated heterocycles. The number of carboxylic acids is 1. The smallest absolute Gasteiger partial charge is 0.323 e. The molecular formula is C13H24N2O4. The predicted octanol–water partition coefficient (Wildman–Crippen LogP) is 1.18. The summed E-state index contributed by atoms with van der Waals surface area (Å²) < 4.78 is 0. The maximum absolute atomic E-state index is 12.1. The van der Waals surface area contributed by atoms with Crippen LogP contribution in [-0.2, 0) is 4.79 Å². The topological polar surface area (TPSA) is 89.9 Å². The average Bonchev–Trinajstić information content (AvgIpc) is 2.37. The van der Waals surface area contributed by atoms with Crippen LogP contribution in [0, 0.1) is 0 Å². The van der Waals surface area contributed by atoms with Gasteiger partial charge < -0.3 is 20.4 Å². The van der Waals surface area contributed by atoms with Crippen LogP contribution in [-0.4, -0.2) is 51.8 Å². The highest BCUT2D eigenvalue weighted by molar-refractivity contribution is 5.80. The van der Waals surface area contributed by atoms with Gasteiger partial charge in [-0.15, -0.1) is 0 Å². The van der Waals surface area contributed by atoms with Crippen molar-refractivity contribution in [3.05, 3.63) is 0 Å². The normalized spacial score (nSPS) is 24.6. The van der Waals surface area contributed by atoms with E-state index in [1.54, 1.807) is 0 Å². The van der Waals surface area contributed by atoms with Gasteiger partial charge in [-0.1, -0.05) is 19.8 Å². The number of rotatable bonds is 5. The van der Waals surface area contributed by atoms with Crippen LogP contribution in [0.15, 0.2) is 0 Å². The molecule has 1 aliphatic carbocycles. The second kappa shape index (κ2) is 7.33. The summed E-state index contributed by atoms with van der Waals surface area (Å²) in [6, 6.07) is -0.805. The van der Waals surface area contributed by atoms with Crippen LogP contribution in [0.1, 0.15) is 46.0 Å². The third kappa shape index (κ3) is 4.70. The Bertz CT molecular complexity index is 322. The Morgan fingerprint density at radius 1 is 1.37 bits per heavy atom. The van der Waals surface area contributed by atoms with Crippen molar-refractivity contribution in [2.45, 2.75) is 64.1 Å². The van der Waals surface area contributed by atoms with Crippen molar-refractivity contribution in [3.8, 4) is 0 Å². The first-order chi connectivity index (χ1) is 8.95. The van der Waals surface area contributed by atoms with Crippen molar-refractivity contribution in [1.29, 1.82) is 0 Å². The summed E-state index contributed by atoms with van der Waals surface area (Å²) in [5.41, 5.74) is 0. The molecule has 0 spiro atoms. The Balaban J connectivity index is 2.62. The quantitative estimate of drug-likeness (QED) is 0.701.